The molecule has 0 radical (unpaired) electrons. The molecule has 1 unspecified atom stereocenters. The van der Waals surface area contributed by atoms with Gasteiger partial charge in [0.2, 0.25) is 5.91 Å². The third-order valence-electron chi connectivity index (χ3n) is 6.43. The van der Waals surface area contributed by atoms with Crippen molar-refractivity contribution in [3.05, 3.63) is 89.0 Å². The standard InChI is InChI=1S/C15H20N2O2.C14H9F3O2/c1-10(11(2)18)7-15(19)17-6-5-12-8-14(16)4-3-13(12)9-17;15-14(16,17)10-6-7-11(12(8-10)13(18)19)9-4-2-1-3-5-9/h3-4,8,10H,5-7,9,16H2,1-2H3;1-8H,(H,18,19). The van der Waals surface area contributed by atoms with Crippen LogP contribution in [0.15, 0.2) is 66.7 Å². The van der Waals surface area contributed by atoms with Crippen LogP contribution in [0.25, 0.3) is 11.1 Å². The minimum absolute atomic E-state index is 0.0603. The maximum Gasteiger partial charge on any atom is 0.416 e. The number of fused-ring (bicyclic) bond motifs is 1. The van der Waals surface area contributed by atoms with Crippen LogP contribution in [0.5, 0.6) is 0 Å². The number of nitrogens with two attached hydrogens (primary N) is 1. The minimum Gasteiger partial charge on any atom is -0.478 e. The predicted molar refractivity (Wildman–Crippen MR) is 138 cm³/mol. The van der Waals surface area contributed by atoms with E-state index in [9.17, 15) is 27.6 Å². The van der Waals surface area contributed by atoms with E-state index in [1.54, 1.807) is 37.3 Å². The summed E-state index contributed by atoms with van der Waals surface area (Å²) >= 11 is 0. The summed E-state index contributed by atoms with van der Waals surface area (Å²) in [6.45, 7) is 4.67. The topological polar surface area (TPSA) is 101 Å². The molecule has 0 bridgehead atoms. The van der Waals surface area contributed by atoms with Crippen LogP contribution in [0.3, 0.4) is 0 Å². The molecule has 200 valence electrons. The first-order valence-corrected chi connectivity index (χ1v) is 12.0. The Morgan fingerprint density at radius 3 is 2.29 bits per heavy atom. The van der Waals surface area contributed by atoms with Crippen molar-refractivity contribution >= 4 is 23.3 Å². The number of hydrogen-bond donors (Lipinski definition) is 2. The second-order valence-electron chi connectivity index (χ2n) is 9.24. The first-order chi connectivity index (χ1) is 17.9. The molecule has 1 heterocycles. The number of carbonyl (C=O) groups excluding carboxylic acids is 2. The molecule has 9 heteroatoms. The molecule has 4 rings (SSSR count). The third-order valence-corrected chi connectivity index (χ3v) is 6.43. The zero-order valence-electron chi connectivity index (χ0n) is 21.1. The van der Waals surface area contributed by atoms with Crippen molar-refractivity contribution in [2.75, 3.05) is 12.3 Å². The van der Waals surface area contributed by atoms with Crippen LogP contribution in [0.1, 0.15) is 47.3 Å². The van der Waals surface area contributed by atoms with Crippen LogP contribution in [-0.4, -0.2) is 34.2 Å². The highest BCUT2D eigenvalue weighted by molar-refractivity contribution is 5.96. The number of nitrogens with zero attached hydrogens (tertiary/aromatic N) is 1. The van der Waals surface area contributed by atoms with Crippen molar-refractivity contribution in [3.8, 4) is 11.1 Å². The van der Waals surface area contributed by atoms with Gasteiger partial charge in [-0.05, 0) is 59.9 Å². The maximum absolute atomic E-state index is 12.6. The number of rotatable bonds is 5. The van der Waals surface area contributed by atoms with Gasteiger partial charge in [0.1, 0.15) is 5.78 Å². The number of hydrogen-bond acceptors (Lipinski definition) is 4. The average Bonchev–Trinajstić information content (AvgIpc) is 2.88. The van der Waals surface area contributed by atoms with Gasteiger partial charge < -0.3 is 15.7 Å². The van der Waals surface area contributed by atoms with E-state index in [2.05, 4.69) is 0 Å². The lowest BCUT2D eigenvalue weighted by atomic mass is 9.97. The summed E-state index contributed by atoms with van der Waals surface area (Å²) in [6, 6.07) is 17.0. The highest BCUT2D eigenvalue weighted by Crippen LogP contribution is 2.33. The second-order valence-corrected chi connectivity index (χ2v) is 9.24. The number of carboxylic acids is 1. The van der Waals surface area contributed by atoms with E-state index in [1.165, 1.54) is 18.6 Å². The Morgan fingerprint density at radius 1 is 1.00 bits per heavy atom. The van der Waals surface area contributed by atoms with Crippen LogP contribution in [0.2, 0.25) is 0 Å². The van der Waals surface area contributed by atoms with E-state index >= 15 is 0 Å². The Labute approximate surface area is 218 Å². The van der Waals surface area contributed by atoms with Crippen molar-refractivity contribution in [2.45, 2.75) is 39.4 Å². The Morgan fingerprint density at radius 2 is 1.68 bits per heavy atom. The summed E-state index contributed by atoms with van der Waals surface area (Å²) in [7, 11) is 0. The summed E-state index contributed by atoms with van der Waals surface area (Å²) < 4.78 is 37.7. The third kappa shape index (κ3) is 7.21. The first-order valence-electron chi connectivity index (χ1n) is 12.0. The lowest BCUT2D eigenvalue weighted by Crippen LogP contribution is -2.37. The van der Waals surface area contributed by atoms with Crippen molar-refractivity contribution < 1.29 is 32.7 Å². The fourth-order valence-corrected chi connectivity index (χ4v) is 4.09. The highest BCUT2D eigenvalue weighted by atomic mass is 19.4. The molecule has 3 aromatic rings. The summed E-state index contributed by atoms with van der Waals surface area (Å²) in [6.07, 6.45) is -3.42. The van der Waals surface area contributed by atoms with Gasteiger partial charge >= 0.3 is 12.1 Å². The molecule has 0 saturated heterocycles. The lowest BCUT2D eigenvalue weighted by molar-refractivity contribution is -0.137. The summed E-state index contributed by atoms with van der Waals surface area (Å²) in [4.78, 5) is 36.3. The van der Waals surface area contributed by atoms with Crippen LogP contribution in [0, 0.1) is 5.92 Å². The molecule has 1 atom stereocenters. The number of halogens is 3. The smallest absolute Gasteiger partial charge is 0.416 e. The maximum atomic E-state index is 12.6. The molecular formula is C29H29F3N2O4. The molecule has 6 nitrogen and oxygen atoms in total. The number of ketones is 1. The van der Waals surface area contributed by atoms with Crippen LogP contribution < -0.4 is 5.73 Å². The van der Waals surface area contributed by atoms with E-state index < -0.39 is 17.7 Å². The molecule has 38 heavy (non-hydrogen) atoms. The molecular weight excluding hydrogens is 497 g/mol. The van der Waals surface area contributed by atoms with E-state index in [0.717, 1.165) is 23.7 Å². The van der Waals surface area contributed by atoms with Gasteiger partial charge in [0.25, 0.3) is 0 Å². The van der Waals surface area contributed by atoms with Crippen molar-refractivity contribution in [1.29, 1.82) is 0 Å². The Bertz CT molecular complexity index is 1320. The molecule has 0 aliphatic carbocycles. The van der Waals surface area contributed by atoms with Gasteiger partial charge in [-0.1, -0.05) is 49.4 Å². The Kier molecular flexibility index (Phi) is 8.93. The number of carbonyl (C=O) groups is 3. The number of benzene rings is 3. The quantitative estimate of drug-likeness (QED) is 0.407. The van der Waals surface area contributed by atoms with E-state index in [0.29, 0.717) is 31.1 Å². The molecule has 3 N–H and O–H groups in total. The van der Waals surface area contributed by atoms with Crippen molar-refractivity contribution in [1.82, 2.24) is 4.90 Å². The fourth-order valence-electron chi connectivity index (χ4n) is 4.09. The summed E-state index contributed by atoms with van der Waals surface area (Å²) in [5.41, 5.74) is 8.41. The lowest BCUT2D eigenvalue weighted by Gasteiger charge is -2.29. The number of anilines is 1. The number of alkyl halides is 3. The molecule has 0 spiro atoms. The average molecular weight is 527 g/mol. The number of Topliss-reactive ketones (excluding diaryl/α,β-unsaturated/α-hetero) is 1. The van der Waals surface area contributed by atoms with Crippen molar-refractivity contribution in [3.63, 3.8) is 0 Å². The summed E-state index contributed by atoms with van der Waals surface area (Å²) in [5, 5.41) is 9.05. The van der Waals surface area contributed by atoms with Crippen molar-refractivity contribution in [2.24, 2.45) is 5.92 Å². The van der Waals surface area contributed by atoms with Crippen LogP contribution in [0.4, 0.5) is 18.9 Å². The number of carboxylic acid groups (broad SMARTS) is 1. The minimum atomic E-state index is -4.56. The fraction of sp³-hybridized carbons (Fsp3) is 0.276. The second kappa shape index (κ2) is 11.9. The molecule has 0 saturated carbocycles. The summed E-state index contributed by atoms with van der Waals surface area (Å²) in [5.74, 6) is -1.45. The van der Waals surface area contributed by atoms with E-state index in [1.807, 2.05) is 23.1 Å². The molecule has 1 aliphatic heterocycles. The van der Waals surface area contributed by atoms with Gasteiger partial charge in [0, 0.05) is 31.1 Å². The van der Waals surface area contributed by atoms with Crippen LogP contribution in [-0.2, 0) is 28.7 Å². The zero-order chi connectivity index (χ0) is 28.0. The predicted octanol–water partition coefficient (Wildman–Crippen LogP) is 5.84. The molecule has 3 aromatic carbocycles. The molecule has 1 aliphatic rings. The molecule has 0 aromatic heterocycles. The van der Waals surface area contributed by atoms with Gasteiger partial charge in [0.05, 0.1) is 11.1 Å². The van der Waals surface area contributed by atoms with Gasteiger partial charge in [-0.25, -0.2) is 4.79 Å². The monoisotopic (exact) mass is 526 g/mol. The largest absolute Gasteiger partial charge is 0.478 e. The Balaban J connectivity index is 0.000000211. The van der Waals surface area contributed by atoms with E-state index in [-0.39, 0.29) is 28.7 Å². The molecule has 0 fully saturated rings. The highest BCUT2D eigenvalue weighted by Gasteiger charge is 2.32. The zero-order valence-corrected chi connectivity index (χ0v) is 21.1. The van der Waals surface area contributed by atoms with Gasteiger partial charge in [-0.15, -0.1) is 0 Å². The van der Waals surface area contributed by atoms with Gasteiger partial charge in [-0.2, -0.15) is 13.2 Å². The number of aromatic carboxylic acids is 1. The number of nitrogen functional groups attached to an aromatic ring is 1. The number of amides is 1. The first kappa shape index (κ1) is 28.4. The molecule has 1 amide bonds. The van der Waals surface area contributed by atoms with Gasteiger partial charge in [0.15, 0.2) is 0 Å². The normalized spacial score (nSPS) is 13.6. The SMILES string of the molecule is CC(=O)C(C)CC(=O)N1CCc2cc(N)ccc2C1.O=C(O)c1cc(C(F)(F)F)ccc1-c1ccccc1. The van der Waals surface area contributed by atoms with E-state index in [4.69, 9.17) is 10.8 Å². The van der Waals surface area contributed by atoms with Crippen LogP contribution >= 0.6 is 0 Å². The van der Waals surface area contributed by atoms with Gasteiger partial charge in [-0.3, -0.25) is 9.59 Å². The Hall–Kier alpha value is -4.14.